The molecule has 1 aromatic heterocycles. The molecule has 1 aliphatic heterocycles. The Bertz CT molecular complexity index is 1130. The quantitative estimate of drug-likeness (QED) is 0.518. The van der Waals surface area contributed by atoms with Crippen molar-refractivity contribution in [2.45, 2.75) is 44.1 Å². The van der Waals surface area contributed by atoms with E-state index >= 15 is 0 Å². The van der Waals surface area contributed by atoms with Crippen molar-refractivity contribution in [3.05, 3.63) is 36.7 Å². The fourth-order valence-electron chi connectivity index (χ4n) is 3.73. The molecule has 0 bridgehead atoms. The molecule has 0 unspecified atom stereocenters. The standard InChI is InChI=1S/C24H36N6O5S/c1-24(2,3)34-23(31)35-30-13-11-18(12-14-30)16-29(6)22-15-21(25-17-26-22)27-19-7-9-20(10-8-19)36(32,33)28(4)5/h7-10,15,17-18H,11-14,16H2,1-6H3,(H,25,26,27). The molecule has 0 aliphatic carbocycles. The van der Waals surface area contributed by atoms with Crippen molar-refractivity contribution >= 4 is 33.5 Å². The lowest BCUT2D eigenvalue weighted by molar-refractivity contribution is -0.154. The second kappa shape index (κ2) is 11.4. The number of aromatic nitrogens is 2. The maximum Gasteiger partial charge on any atom is 0.528 e. The first-order valence-electron chi connectivity index (χ1n) is 11.8. The molecule has 0 atom stereocenters. The number of anilines is 3. The highest BCUT2D eigenvalue weighted by Gasteiger charge is 2.26. The molecule has 1 aliphatic rings. The van der Waals surface area contributed by atoms with Crippen molar-refractivity contribution in [1.29, 1.82) is 0 Å². The van der Waals surface area contributed by atoms with Crippen LogP contribution in [0.5, 0.6) is 0 Å². The van der Waals surface area contributed by atoms with Gasteiger partial charge in [-0.25, -0.2) is 27.5 Å². The summed E-state index contributed by atoms with van der Waals surface area (Å²) in [6.45, 7) is 7.51. The SMILES string of the molecule is CN(CC1CCN(OC(=O)OC(C)(C)C)CC1)c1cc(Nc2ccc(S(=O)(=O)N(C)C)cc2)ncn1. The number of ether oxygens (including phenoxy) is 1. The predicted octanol–water partition coefficient (Wildman–Crippen LogP) is 3.49. The summed E-state index contributed by atoms with van der Waals surface area (Å²) >= 11 is 0. The second-order valence-electron chi connectivity index (χ2n) is 10.0. The summed E-state index contributed by atoms with van der Waals surface area (Å²) in [5.41, 5.74) is 0.136. The zero-order chi connectivity index (χ0) is 26.5. The third-order valence-corrected chi connectivity index (χ3v) is 7.48. The molecule has 1 fully saturated rings. The topological polar surface area (TPSA) is 117 Å². The first-order chi connectivity index (χ1) is 16.8. The minimum Gasteiger partial charge on any atom is -0.427 e. The summed E-state index contributed by atoms with van der Waals surface area (Å²) in [4.78, 5) is 28.2. The number of benzene rings is 1. The lowest BCUT2D eigenvalue weighted by Crippen LogP contribution is -2.40. The van der Waals surface area contributed by atoms with Crippen molar-refractivity contribution in [2.75, 3.05) is 51.0 Å². The summed E-state index contributed by atoms with van der Waals surface area (Å²) in [5, 5.41) is 4.86. The van der Waals surface area contributed by atoms with Crippen molar-refractivity contribution in [3.63, 3.8) is 0 Å². The van der Waals surface area contributed by atoms with E-state index in [0.29, 0.717) is 24.8 Å². The van der Waals surface area contributed by atoms with Crippen LogP contribution in [-0.2, 0) is 19.6 Å². The monoisotopic (exact) mass is 520 g/mol. The molecule has 2 heterocycles. The lowest BCUT2D eigenvalue weighted by Gasteiger charge is -2.33. The van der Waals surface area contributed by atoms with Crippen LogP contribution in [0.4, 0.5) is 22.1 Å². The Hall–Kier alpha value is -2.96. The highest BCUT2D eigenvalue weighted by Crippen LogP contribution is 2.24. The number of carbonyl (C=O) groups excluding carboxylic acids is 1. The Labute approximate surface area is 213 Å². The number of sulfonamides is 1. The predicted molar refractivity (Wildman–Crippen MR) is 138 cm³/mol. The van der Waals surface area contributed by atoms with E-state index in [2.05, 4.69) is 20.2 Å². The molecule has 0 amide bonds. The Morgan fingerprint density at radius 3 is 2.33 bits per heavy atom. The molecule has 11 nitrogen and oxygen atoms in total. The number of hydrogen-bond donors (Lipinski definition) is 1. The summed E-state index contributed by atoms with van der Waals surface area (Å²) in [6, 6.07) is 8.38. The van der Waals surface area contributed by atoms with Crippen LogP contribution in [0.3, 0.4) is 0 Å². The zero-order valence-electron chi connectivity index (χ0n) is 21.8. The average Bonchev–Trinajstić information content (AvgIpc) is 2.79. The average molecular weight is 521 g/mol. The molecule has 0 radical (unpaired) electrons. The molecular weight excluding hydrogens is 484 g/mol. The Kier molecular flexibility index (Phi) is 8.75. The zero-order valence-corrected chi connectivity index (χ0v) is 22.6. The largest absolute Gasteiger partial charge is 0.528 e. The number of nitrogens with one attached hydrogen (secondary N) is 1. The van der Waals surface area contributed by atoms with Gasteiger partial charge in [-0.1, -0.05) is 0 Å². The lowest BCUT2D eigenvalue weighted by atomic mass is 9.97. The van der Waals surface area contributed by atoms with E-state index in [1.807, 2.05) is 13.1 Å². The molecule has 0 saturated carbocycles. The molecule has 36 heavy (non-hydrogen) atoms. The number of nitrogens with zero attached hydrogens (tertiary/aromatic N) is 5. The molecule has 1 N–H and O–H groups in total. The van der Waals surface area contributed by atoms with Gasteiger partial charge in [0.25, 0.3) is 0 Å². The van der Waals surface area contributed by atoms with Gasteiger partial charge in [0, 0.05) is 52.5 Å². The highest BCUT2D eigenvalue weighted by molar-refractivity contribution is 7.89. The first kappa shape index (κ1) is 27.6. The van der Waals surface area contributed by atoms with Gasteiger partial charge in [-0.05, 0) is 63.8 Å². The molecule has 1 saturated heterocycles. The van der Waals surface area contributed by atoms with Gasteiger partial charge in [-0.15, -0.1) is 5.06 Å². The summed E-state index contributed by atoms with van der Waals surface area (Å²) < 4.78 is 30.9. The van der Waals surface area contributed by atoms with Crippen LogP contribution in [0.15, 0.2) is 41.6 Å². The molecule has 198 valence electrons. The maximum absolute atomic E-state index is 12.2. The number of hydrogen-bond acceptors (Lipinski definition) is 10. The summed E-state index contributed by atoms with van der Waals surface area (Å²) in [5.74, 6) is 1.80. The van der Waals surface area contributed by atoms with Crippen LogP contribution in [0.1, 0.15) is 33.6 Å². The molecule has 2 aromatic rings. The first-order valence-corrected chi connectivity index (χ1v) is 13.3. The van der Waals surface area contributed by atoms with E-state index in [0.717, 1.165) is 30.9 Å². The van der Waals surface area contributed by atoms with E-state index in [9.17, 15) is 13.2 Å². The van der Waals surface area contributed by atoms with Gasteiger partial charge in [-0.2, -0.15) is 0 Å². The van der Waals surface area contributed by atoms with Crippen LogP contribution < -0.4 is 10.2 Å². The van der Waals surface area contributed by atoms with Gasteiger partial charge in [0.2, 0.25) is 10.0 Å². The van der Waals surface area contributed by atoms with Gasteiger partial charge >= 0.3 is 6.16 Å². The van der Waals surface area contributed by atoms with Crippen LogP contribution >= 0.6 is 0 Å². The number of carbonyl (C=O) groups is 1. The number of hydroxylamine groups is 2. The van der Waals surface area contributed by atoms with Gasteiger partial charge in [0.1, 0.15) is 23.6 Å². The Morgan fingerprint density at radius 1 is 1.11 bits per heavy atom. The minimum atomic E-state index is -3.48. The normalized spacial score (nSPS) is 15.5. The molecule has 3 rings (SSSR count). The van der Waals surface area contributed by atoms with E-state index in [4.69, 9.17) is 9.57 Å². The van der Waals surface area contributed by atoms with Gasteiger partial charge in [-0.3, -0.25) is 0 Å². The van der Waals surface area contributed by atoms with Crippen molar-refractivity contribution in [2.24, 2.45) is 5.92 Å². The fraction of sp³-hybridized carbons (Fsp3) is 0.542. The van der Waals surface area contributed by atoms with E-state index in [-0.39, 0.29) is 4.90 Å². The van der Waals surface area contributed by atoms with Crippen LogP contribution in [0.2, 0.25) is 0 Å². The molecule has 0 spiro atoms. The Morgan fingerprint density at radius 2 is 1.75 bits per heavy atom. The number of rotatable bonds is 8. The van der Waals surface area contributed by atoms with Crippen LogP contribution in [-0.4, -0.2) is 80.3 Å². The van der Waals surface area contributed by atoms with Crippen molar-refractivity contribution in [1.82, 2.24) is 19.3 Å². The van der Waals surface area contributed by atoms with Crippen molar-refractivity contribution in [3.8, 4) is 0 Å². The molecule has 1 aromatic carbocycles. The fourth-order valence-corrected chi connectivity index (χ4v) is 4.63. The van der Waals surface area contributed by atoms with E-state index < -0.39 is 21.8 Å². The van der Waals surface area contributed by atoms with Crippen LogP contribution in [0, 0.1) is 5.92 Å². The summed E-state index contributed by atoms with van der Waals surface area (Å²) in [7, 11) is 1.51. The van der Waals surface area contributed by atoms with Gasteiger partial charge in [0.05, 0.1) is 4.90 Å². The third kappa shape index (κ3) is 7.77. The van der Waals surface area contributed by atoms with Gasteiger partial charge in [0.15, 0.2) is 0 Å². The highest BCUT2D eigenvalue weighted by atomic mass is 32.2. The van der Waals surface area contributed by atoms with Crippen LogP contribution in [0.25, 0.3) is 0 Å². The Balaban J connectivity index is 1.52. The number of piperidine rings is 1. The second-order valence-corrected chi connectivity index (χ2v) is 12.2. The minimum absolute atomic E-state index is 0.226. The van der Waals surface area contributed by atoms with Gasteiger partial charge < -0.3 is 19.8 Å². The van der Waals surface area contributed by atoms with E-state index in [1.54, 1.807) is 50.1 Å². The van der Waals surface area contributed by atoms with E-state index in [1.165, 1.54) is 24.7 Å². The van der Waals surface area contributed by atoms with Crippen molar-refractivity contribution < 1.29 is 22.8 Å². The smallest absolute Gasteiger partial charge is 0.427 e. The maximum atomic E-state index is 12.2. The molecule has 12 heteroatoms. The molecular formula is C24H36N6O5S. The summed E-state index contributed by atoms with van der Waals surface area (Å²) in [6.07, 6.45) is 2.58. The third-order valence-electron chi connectivity index (χ3n) is 5.65.